The van der Waals surface area contributed by atoms with Crippen LogP contribution in [0.5, 0.6) is 0 Å². The zero-order valence-corrected chi connectivity index (χ0v) is 13.1. The molecule has 1 aliphatic rings. The Kier molecular flexibility index (Phi) is 5.03. The Morgan fingerprint density at radius 3 is 2.45 bits per heavy atom. The van der Waals surface area contributed by atoms with Gasteiger partial charge in [0.2, 0.25) is 5.95 Å². The number of nitrogens with zero attached hydrogens (tertiary/aromatic N) is 4. The van der Waals surface area contributed by atoms with E-state index in [1.807, 2.05) is 17.8 Å². The van der Waals surface area contributed by atoms with Gasteiger partial charge in [0, 0.05) is 45.6 Å². The van der Waals surface area contributed by atoms with Crippen molar-refractivity contribution in [2.75, 3.05) is 31.1 Å². The van der Waals surface area contributed by atoms with Gasteiger partial charge >= 0.3 is 0 Å². The van der Waals surface area contributed by atoms with Gasteiger partial charge in [-0.15, -0.1) is 12.4 Å². The number of imidazole rings is 1. The van der Waals surface area contributed by atoms with Gasteiger partial charge in [0.05, 0.1) is 5.56 Å². The van der Waals surface area contributed by atoms with Gasteiger partial charge in [-0.2, -0.15) is 0 Å². The van der Waals surface area contributed by atoms with Crippen molar-refractivity contribution in [3.05, 3.63) is 48.0 Å². The lowest BCUT2D eigenvalue weighted by atomic mass is 10.1. The zero-order valence-electron chi connectivity index (χ0n) is 12.3. The summed E-state index contributed by atoms with van der Waals surface area (Å²) in [5, 5.41) is 0. The lowest BCUT2D eigenvalue weighted by Gasteiger charge is -2.35. The zero-order chi connectivity index (χ0) is 14.8. The van der Waals surface area contributed by atoms with Crippen molar-refractivity contribution in [3.63, 3.8) is 0 Å². The largest absolute Gasteiger partial charge is 0.339 e. The summed E-state index contributed by atoms with van der Waals surface area (Å²) in [6.45, 7) is 2.54. The number of hydrogen-bond donors (Lipinski definition) is 0. The molecule has 1 fully saturated rings. The first-order valence-corrected chi connectivity index (χ1v) is 6.93. The summed E-state index contributed by atoms with van der Waals surface area (Å²) in [7, 11) is 1.94. The molecule has 0 N–H and O–H groups in total. The third kappa shape index (κ3) is 3.06. The molecule has 0 atom stereocenters. The molecule has 1 aromatic heterocycles. The van der Waals surface area contributed by atoms with Gasteiger partial charge in [0.1, 0.15) is 5.82 Å². The lowest BCUT2D eigenvalue weighted by Crippen LogP contribution is -2.49. The van der Waals surface area contributed by atoms with E-state index >= 15 is 0 Å². The molecular formula is C15H18ClFN4O. The number of aryl methyl sites for hydroxylation is 1. The second kappa shape index (κ2) is 6.79. The Bertz CT molecular complexity index is 652. The predicted molar refractivity (Wildman–Crippen MR) is 85.0 cm³/mol. The molecule has 1 aromatic carbocycles. The van der Waals surface area contributed by atoms with Gasteiger partial charge in [0.25, 0.3) is 5.91 Å². The fraction of sp³-hybridized carbons (Fsp3) is 0.333. The molecule has 0 bridgehead atoms. The molecule has 7 heteroatoms. The first kappa shape index (κ1) is 16.3. The number of hydrogen-bond acceptors (Lipinski definition) is 3. The smallest absolute Gasteiger partial charge is 0.256 e. The SMILES string of the molecule is Cl.Cn1ccnc1N1CCN(C(=O)c2ccccc2F)CC1. The van der Waals surface area contributed by atoms with E-state index < -0.39 is 5.82 Å². The van der Waals surface area contributed by atoms with Gasteiger partial charge in [-0.05, 0) is 12.1 Å². The molecule has 3 rings (SSSR count). The van der Waals surface area contributed by atoms with Crippen molar-refractivity contribution in [3.8, 4) is 0 Å². The second-order valence-electron chi connectivity index (χ2n) is 5.10. The molecule has 118 valence electrons. The molecule has 0 radical (unpaired) electrons. The van der Waals surface area contributed by atoms with Crippen LogP contribution in [0.25, 0.3) is 0 Å². The Balaban J connectivity index is 0.00000176. The van der Waals surface area contributed by atoms with Crippen LogP contribution in [-0.2, 0) is 7.05 Å². The van der Waals surface area contributed by atoms with Crippen LogP contribution < -0.4 is 4.90 Å². The van der Waals surface area contributed by atoms with E-state index in [1.54, 1.807) is 23.2 Å². The molecule has 0 unspecified atom stereocenters. The van der Waals surface area contributed by atoms with Crippen LogP contribution in [0.4, 0.5) is 10.3 Å². The fourth-order valence-electron chi connectivity index (χ4n) is 2.58. The molecule has 1 amide bonds. The summed E-state index contributed by atoms with van der Waals surface area (Å²) in [6.07, 6.45) is 3.65. The number of halogens is 2. The normalized spacial score (nSPS) is 14.6. The van der Waals surface area contributed by atoms with E-state index in [0.717, 1.165) is 5.95 Å². The molecule has 0 aliphatic carbocycles. The van der Waals surface area contributed by atoms with Gasteiger partial charge in [0.15, 0.2) is 0 Å². The van der Waals surface area contributed by atoms with E-state index in [-0.39, 0.29) is 23.9 Å². The number of rotatable bonds is 2. The average Bonchev–Trinajstić information content (AvgIpc) is 2.93. The number of anilines is 1. The first-order chi connectivity index (χ1) is 10.2. The van der Waals surface area contributed by atoms with Crippen LogP contribution in [0.2, 0.25) is 0 Å². The van der Waals surface area contributed by atoms with Crippen molar-refractivity contribution >= 4 is 24.3 Å². The predicted octanol–water partition coefficient (Wildman–Crippen LogP) is 1.94. The minimum Gasteiger partial charge on any atom is -0.339 e. The summed E-state index contributed by atoms with van der Waals surface area (Å²) in [4.78, 5) is 20.5. The standard InChI is InChI=1S/C15H17FN4O.ClH/c1-18-7-6-17-15(18)20-10-8-19(9-11-20)14(21)12-4-2-3-5-13(12)16;/h2-7H,8-11H2,1H3;1H. The topological polar surface area (TPSA) is 41.4 Å². The molecule has 22 heavy (non-hydrogen) atoms. The molecule has 1 saturated heterocycles. The maximum absolute atomic E-state index is 13.7. The molecule has 5 nitrogen and oxygen atoms in total. The van der Waals surface area contributed by atoms with Crippen LogP contribution in [0.1, 0.15) is 10.4 Å². The highest BCUT2D eigenvalue weighted by Gasteiger charge is 2.25. The minimum absolute atomic E-state index is 0. The van der Waals surface area contributed by atoms with Crippen LogP contribution in [0.15, 0.2) is 36.7 Å². The van der Waals surface area contributed by atoms with Crippen molar-refractivity contribution < 1.29 is 9.18 Å². The van der Waals surface area contributed by atoms with Gasteiger partial charge < -0.3 is 14.4 Å². The summed E-state index contributed by atoms with van der Waals surface area (Å²) in [5.41, 5.74) is 0.142. The van der Waals surface area contributed by atoms with Crippen molar-refractivity contribution in [1.29, 1.82) is 0 Å². The van der Waals surface area contributed by atoms with Gasteiger partial charge in [-0.1, -0.05) is 12.1 Å². The van der Waals surface area contributed by atoms with Crippen LogP contribution in [0, 0.1) is 5.82 Å². The maximum atomic E-state index is 13.7. The van der Waals surface area contributed by atoms with Crippen LogP contribution in [-0.4, -0.2) is 46.5 Å². The lowest BCUT2D eigenvalue weighted by molar-refractivity contribution is 0.0741. The monoisotopic (exact) mass is 324 g/mol. The number of piperazine rings is 1. The van der Waals surface area contributed by atoms with Crippen molar-refractivity contribution in [2.24, 2.45) is 7.05 Å². The van der Waals surface area contributed by atoms with E-state index in [2.05, 4.69) is 9.88 Å². The summed E-state index contributed by atoms with van der Waals surface area (Å²) < 4.78 is 15.6. The Morgan fingerprint density at radius 1 is 1.18 bits per heavy atom. The average molecular weight is 325 g/mol. The Labute approximate surface area is 134 Å². The summed E-state index contributed by atoms with van der Waals surface area (Å²) >= 11 is 0. The van der Waals surface area contributed by atoms with E-state index in [4.69, 9.17) is 0 Å². The third-order valence-corrected chi connectivity index (χ3v) is 3.75. The third-order valence-electron chi connectivity index (χ3n) is 3.75. The van der Waals surface area contributed by atoms with E-state index in [0.29, 0.717) is 26.2 Å². The summed E-state index contributed by atoms with van der Waals surface area (Å²) in [5.74, 6) is 0.189. The summed E-state index contributed by atoms with van der Waals surface area (Å²) in [6, 6.07) is 6.12. The van der Waals surface area contributed by atoms with Gasteiger partial charge in [-0.3, -0.25) is 4.79 Å². The maximum Gasteiger partial charge on any atom is 0.256 e. The quantitative estimate of drug-likeness (QED) is 0.848. The van der Waals surface area contributed by atoms with Gasteiger partial charge in [-0.25, -0.2) is 9.37 Å². The first-order valence-electron chi connectivity index (χ1n) is 6.93. The number of amides is 1. The minimum atomic E-state index is -0.464. The van der Waals surface area contributed by atoms with Crippen molar-refractivity contribution in [1.82, 2.24) is 14.5 Å². The molecule has 2 aromatic rings. The number of aromatic nitrogens is 2. The highest BCUT2D eigenvalue weighted by atomic mass is 35.5. The molecule has 0 spiro atoms. The molecular weight excluding hydrogens is 307 g/mol. The van der Waals surface area contributed by atoms with Crippen LogP contribution >= 0.6 is 12.4 Å². The Hall–Kier alpha value is -2.08. The molecule has 2 heterocycles. The highest BCUT2D eigenvalue weighted by Crippen LogP contribution is 2.16. The van der Waals surface area contributed by atoms with E-state index in [9.17, 15) is 9.18 Å². The number of benzene rings is 1. The number of carbonyl (C=O) groups is 1. The van der Waals surface area contributed by atoms with Crippen LogP contribution in [0.3, 0.4) is 0 Å². The number of carbonyl (C=O) groups excluding carboxylic acids is 1. The van der Waals surface area contributed by atoms with Crippen molar-refractivity contribution in [2.45, 2.75) is 0 Å². The highest BCUT2D eigenvalue weighted by molar-refractivity contribution is 5.94. The second-order valence-corrected chi connectivity index (χ2v) is 5.10. The molecule has 1 aliphatic heterocycles. The van der Waals surface area contributed by atoms with E-state index in [1.165, 1.54) is 12.1 Å². The molecule has 0 saturated carbocycles. The fourth-order valence-corrected chi connectivity index (χ4v) is 2.58. The Morgan fingerprint density at radius 2 is 1.86 bits per heavy atom.